The zero-order chi connectivity index (χ0) is 18.4. The number of nitrogens with one attached hydrogen (secondary N) is 3. The van der Waals surface area contributed by atoms with Crippen LogP contribution in [0, 0.1) is 0 Å². The highest BCUT2D eigenvalue weighted by molar-refractivity contribution is 5.77. The number of rotatable bonds is 6. The van der Waals surface area contributed by atoms with Gasteiger partial charge < -0.3 is 15.0 Å². The summed E-state index contributed by atoms with van der Waals surface area (Å²) < 4.78 is 43.9. The van der Waals surface area contributed by atoms with Gasteiger partial charge in [0.25, 0.3) is 5.56 Å². The number of carbonyl (C=O) groups excluding carboxylic acids is 1. The number of aromatic nitrogens is 2. The Hall–Kier alpha value is -2.88. The highest BCUT2D eigenvalue weighted by Crippen LogP contribution is 2.35. The van der Waals surface area contributed by atoms with Gasteiger partial charge in [-0.15, -0.1) is 0 Å². The van der Waals surface area contributed by atoms with E-state index in [2.05, 4.69) is 10.3 Å². The van der Waals surface area contributed by atoms with Crippen LogP contribution in [0.3, 0.4) is 0 Å². The molecular weight excluding hydrogens is 343 g/mol. The molecule has 2 aromatic rings. The van der Waals surface area contributed by atoms with E-state index < -0.39 is 36.0 Å². The molecule has 1 heterocycles. The summed E-state index contributed by atoms with van der Waals surface area (Å²) in [4.78, 5) is 38.1. The van der Waals surface area contributed by atoms with Crippen molar-refractivity contribution in [3.63, 3.8) is 0 Å². The molecule has 1 aromatic heterocycles. The predicted octanol–water partition coefficient (Wildman–Crippen LogP) is 1.000. The number of halogens is 3. The Morgan fingerprint density at radius 1 is 1.20 bits per heavy atom. The summed E-state index contributed by atoms with van der Waals surface area (Å²) in [7, 11) is 0. The molecule has 0 aliphatic heterocycles. The van der Waals surface area contributed by atoms with E-state index in [1.165, 1.54) is 24.3 Å². The second-order valence-corrected chi connectivity index (χ2v) is 5.02. The Morgan fingerprint density at radius 2 is 1.88 bits per heavy atom. The molecule has 2 rings (SSSR count). The Morgan fingerprint density at radius 3 is 2.48 bits per heavy atom. The average Bonchev–Trinajstić information content (AvgIpc) is 2.54. The highest BCUT2D eigenvalue weighted by Gasteiger charge is 2.42. The first kappa shape index (κ1) is 18.5. The lowest BCUT2D eigenvalue weighted by molar-refractivity contribution is -0.223. The van der Waals surface area contributed by atoms with Crippen LogP contribution in [0.5, 0.6) is 0 Å². The SMILES string of the molecule is O=C(CO[C@H](c1ccccc1)C(F)(F)F)NCc1c[nH]c(=O)[nH]c1=O. The van der Waals surface area contributed by atoms with Crippen LogP contribution in [0.25, 0.3) is 0 Å². The van der Waals surface area contributed by atoms with Crippen molar-refractivity contribution in [1.82, 2.24) is 15.3 Å². The third kappa shape index (κ3) is 5.31. The zero-order valence-electron chi connectivity index (χ0n) is 12.7. The van der Waals surface area contributed by atoms with Crippen molar-refractivity contribution in [3.05, 3.63) is 68.5 Å². The van der Waals surface area contributed by atoms with Gasteiger partial charge in [0.1, 0.15) is 6.61 Å². The highest BCUT2D eigenvalue weighted by atomic mass is 19.4. The second-order valence-electron chi connectivity index (χ2n) is 5.02. The van der Waals surface area contributed by atoms with Gasteiger partial charge in [0.15, 0.2) is 6.10 Å². The average molecular weight is 357 g/mol. The molecule has 3 N–H and O–H groups in total. The van der Waals surface area contributed by atoms with Gasteiger partial charge >= 0.3 is 11.9 Å². The van der Waals surface area contributed by atoms with Crippen LogP contribution in [0.4, 0.5) is 13.2 Å². The lowest BCUT2D eigenvalue weighted by Crippen LogP contribution is -2.34. The van der Waals surface area contributed by atoms with Gasteiger partial charge in [-0.25, -0.2) is 4.79 Å². The molecule has 0 saturated carbocycles. The Balaban J connectivity index is 1.95. The van der Waals surface area contributed by atoms with E-state index in [4.69, 9.17) is 4.74 Å². The van der Waals surface area contributed by atoms with Crippen LogP contribution in [0.15, 0.2) is 46.1 Å². The molecule has 0 saturated heterocycles. The van der Waals surface area contributed by atoms with Crippen molar-refractivity contribution in [2.45, 2.75) is 18.8 Å². The van der Waals surface area contributed by atoms with E-state index in [9.17, 15) is 27.6 Å². The van der Waals surface area contributed by atoms with Gasteiger partial charge in [-0.2, -0.15) is 13.2 Å². The normalized spacial score (nSPS) is 12.6. The number of aromatic amines is 2. The minimum absolute atomic E-state index is 0.0448. The number of amides is 1. The summed E-state index contributed by atoms with van der Waals surface area (Å²) >= 11 is 0. The first-order valence-corrected chi connectivity index (χ1v) is 7.08. The van der Waals surface area contributed by atoms with Crippen LogP contribution >= 0.6 is 0 Å². The van der Waals surface area contributed by atoms with Crippen molar-refractivity contribution in [3.8, 4) is 0 Å². The molecule has 1 aromatic carbocycles. The molecule has 10 heteroatoms. The molecule has 25 heavy (non-hydrogen) atoms. The second kappa shape index (κ2) is 7.79. The molecule has 0 aliphatic rings. The zero-order valence-corrected chi connectivity index (χ0v) is 12.7. The fraction of sp³-hybridized carbons (Fsp3) is 0.267. The number of ether oxygens (including phenoxy) is 1. The molecule has 0 spiro atoms. The smallest absolute Gasteiger partial charge is 0.354 e. The molecule has 134 valence electrons. The van der Waals surface area contributed by atoms with Crippen molar-refractivity contribution in [1.29, 1.82) is 0 Å². The maximum atomic E-state index is 13.1. The molecule has 0 radical (unpaired) electrons. The number of alkyl halides is 3. The fourth-order valence-electron chi connectivity index (χ4n) is 1.98. The van der Waals surface area contributed by atoms with E-state index in [-0.39, 0.29) is 17.7 Å². The molecule has 1 atom stereocenters. The maximum Gasteiger partial charge on any atom is 0.418 e. The summed E-state index contributed by atoms with van der Waals surface area (Å²) in [6, 6.07) is 6.91. The third-order valence-electron chi connectivity index (χ3n) is 3.15. The lowest BCUT2D eigenvalue weighted by Gasteiger charge is -2.21. The van der Waals surface area contributed by atoms with Crippen molar-refractivity contribution in [2.24, 2.45) is 0 Å². The van der Waals surface area contributed by atoms with Crippen molar-refractivity contribution in [2.75, 3.05) is 6.61 Å². The first-order chi connectivity index (χ1) is 11.8. The number of carbonyl (C=O) groups is 1. The van der Waals surface area contributed by atoms with E-state index in [0.29, 0.717) is 0 Å². The maximum absolute atomic E-state index is 13.1. The summed E-state index contributed by atoms with van der Waals surface area (Å²) in [5.41, 5.74) is -1.50. The third-order valence-corrected chi connectivity index (χ3v) is 3.15. The van der Waals surface area contributed by atoms with Gasteiger partial charge in [-0.05, 0) is 5.56 Å². The van der Waals surface area contributed by atoms with E-state index in [1.807, 2.05) is 4.98 Å². The largest absolute Gasteiger partial charge is 0.418 e. The summed E-state index contributed by atoms with van der Waals surface area (Å²) in [5, 5.41) is 2.24. The lowest BCUT2D eigenvalue weighted by atomic mass is 10.1. The monoisotopic (exact) mass is 357 g/mol. The Labute approximate surface area is 138 Å². The topological polar surface area (TPSA) is 104 Å². The van der Waals surface area contributed by atoms with E-state index in [0.717, 1.165) is 6.20 Å². The summed E-state index contributed by atoms with van der Waals surface area (Å²) in [6.45, 7) is -1.11. The number of hydrogen-bond donors (Lipinski definition) is 3. The van der Waals surface area contributed by atoms with Crippen LogP contribution in [0.1, 0.15) is 17.2 Å². The predicted molar refractivity (Wildman–Crippen MR) is 80.7 cm³/mol. The Kier molecular flexibility index (Phi) is 5.75. The quantitative estimate of drug-likeness (QED) is 0.717. The van der Waals surface area contributed by atoms with Crippen molar-refractivity contribution < 1.29 is 22.7 Å². The standard InChI is InChI=1S/C15H14F3N3O4/c16-15(17,18)12(9-4-2-1-3-5-9)25-8-11(22)19-6-10-7-20-14(24)21-13(10)23/h1-5,7,12H,6,8H2,(H,19,22)(H2,20,21,23,24)/t12-/m1/s1. The van der Waals surface area contributed by atoms with Gasteiger partial charge in [-0.3, -0.25) is 14.6 Å². The minimum atomic E-state index is -4.68. The van der Waals surface area contributed by atoms with Crippen LogP contribution in [0.2, 0.25) is 0 Å². The fourth-order valence-corrected chi connectivity index (χ4v) is 1.98. The number of benzene rings is 1. The van der Waals surface area contributed by atoms with Gasteiger partial charge in [0.2, 0.25) is 5.91 Å². The summed E-state index contributed by atoms with van der Waals surface area (Å²) in [5.74, 6) is -0.837. The number of H-pyrrole nitrogens is 2. The molecule has 0 fully saturated rings. The van der Waals surface area contributed by atoms with Gasteiger partial charge in [0.05, 0.1) is 5.56 Å². The first-order valence-electron chi connectivity index (χ1n) is 7.08. The van der Waals surface area contributed by atoms with E-state index in [1.54, 1.807) is 6.07 Å². The molecule has 0 unspecified atom stereocenters. The molecule has 0 bridgehead atoms. The molecule has 7 nitrogen and oxygen atoms in total. The number of hydrogen-bond acceptors (Lipinski definition) is 4. The van der Waals surface area contributed by atoms with Crippen LogP contribution < -0.4 is 16.6 Å². The minimum Gasteiger partial charge on any atom is -0.354 e. The van der Waals surface area contributed by atoms with E-state index >= 15 is 0 Å². The molecular formula is C15H14F3N3O4. The van der Waals surface area contributed by atoms with Crippen LogP contribution in [-0.4, -0.2) is 28.7 Å². The Bertz CT molecular complexity index is 830. The van der Waals surface area contributed by atoms with Crippen LogP contribution in [-0.2, 0) is 16.1 Å². The molecule has 0 aliphatic carbocycles. The van der Waals surface area contributed by atoms with Crippen molar-refractivity contribution >= 4 is 5.91 Å². The van der Waals surface area contributed by atoms with Gasteiger partial charge in [-0.1, -0.05) is 30.3 Å². The summed E-state index contributed by atoms with van der Waals surface area (Å²) in [6.07, 6.45) is -5.82. The van der Waals surface area contributed by atoms with Gasteiger partial charge in [0, 0.05) is 12.7 Å². The molecule has 1 amide bonds.